The van der Waals surface area contributed by atoms with Gasteiger partial charge in [0.15, 0.2) is 0 Å². The number of amides is 1. The fourth-order valence-electron chi connectivity index (χ4n) is 1.50. The van der Waals surface area contributed by atoms with Crippen LogP contribution in [-0.4, -0.2) is 37.5 Å². The van der Waals surface area contributed by atoms with Gasteiger partial charge in [0.2, 0.25) is 5.91 Å². The summed E-state index contributed by atoms with van der Waals surface area (Å²) >= 11 is 0. The molecule has 1 saturated carbocycles. The molecule has 0 bridgehead atoms. The Balaban J connectivity index is 2.24. The Morgan fingerprint density at radius 3 is 2.50 bits per heavy atom. The van der Waals surface area contributed by atoms with E-state index in [1.165, 1.54) is 26.4 Å². The molecule has 1 amide bonds. The van der Waals surface area contributed by atoms with Crippen molar-refractivity contribution in [3.63, 3.8) is 0 Å². The quantitative estimate of drug-likeness (QED) is 0.497. The zero-order valence-corrected chi connectivity index (χ0v) is 8.78. The van der Waals surface area contributed by atoms with Crippen molar-refractivity contribution in [1.82, 2.24) is 4.90 Å². The van der Waals surface area contributed by atoms with Gasteiger partial charge in [-0.05, 0) is 18.8 Å². The summed E-state index contributed by atoms with van der Waals surface area (Å²) in [5, 5.41) is 0. The minimum atomic E-state index is -0.463. The molecule has 4 nitrogen and oxygen atoms in total. The lowest BCUT2D eigenvalue weighted by Crippen LogP contribution is -2.35. The lowest BCUT2D eigenvalue weighted by atomic mass is 9.85. The largest absolute Gasteiger partial charge is 0.469 e. The molecule has 0 radical (unpaired) electrons. The second-order valence-electron chi connectivity index (χ2n) is 3.82. The van der Waals surface area contributed by atoms with Crippen LogP contribution < -0.4 is 0 Å². The van der Waals surface area contributed by atoms with Crippen LogP contribution >= 0.6 is 0 Å². The van der Waals surface area contributed by atoms with Gasteiger partial charge in [-0.3, -0.25) is 9.59 Å². The predicted molar refractivity (Wildman–Crippen MR) is 51.6 cm³/mol. The molecule has 1 aliphatic rings. The molecule has 1 rings (SSSR count). The summed E-state index contributed by atoms with van der Waals surface area (Å²) in [6.45, 7) is 0.774. The Labute approximate surface area is 84.2 Å². The molecular weight excluding hydrogens is 182 g/mol. The number of hydrogen-bond acceptors (Lipinski definition) is 3. The standard InChI is InChI=1S/C10H17NO3/c1-11(7-8-4-3-5-8)9(12)6-10(13)14-2/h8H,3-7H2,1-2H3. The molecule has 14 heavy (non-hydrogen) atoms. The highest BCUT2D eigenvalue weighted by atomic mass is 16.5. The molecule has 0 atom stereocenters. The predicted octanol–water partition coefficient (Wildman–Crippen LogP) is 0.808. The van der Waals surface area contributed by atoms with E-state index in [9.17, 15) is 9.59 Å². The summed E-state index contributed by atoms with van der Waals surface area (Å²) in [7, 11) is 3.03. The summed E-state index contributed by atoms with van der Waals surface area (Å²) < 4.78 is 4.43. The third-order valence-electron chi connectivity index (χ3n) is 2.71. The van der Waals surface area contributed by atoms with Gasteiger partial charge in [0.05, 0.1) is 7.11 Å². The molecule has 4 heteroatoms. The number of carbonyl (C=O) groups is 2. The summed E-state index contributed by atoms with van der Waals surface area (Å²) in [5.41, 5.74) is 0. The number of methoxy groups -OCH3 is 1. The van der Waals surface area contributed by atoms with Crippen LogP contribution in [0.3, 0.4) is 0 Å². The third-order valence-corrected chi connectivity index (χ3v) is 2.71. The number of hydrogen-bond donors (Lipinski definition) is 0. The van der Waals surface area contributed by atoms with E-state index in [0.29, 0.717) is 5.92 Å². The Morgan fingerprint density at radius 2 is 2.07 bits per heavy atom. The number of carbonyl (C=O) groups excluding carboxylic acids is 2. The van der Waals surface area contributed by atoms with Gasteiger partial charge in [-0.2, -0.15) is 0 Å². The van der Waals surface area contributed by atoms with Crippen molar-refractivity contribution in [2.75, 3.05) is 20.7 Å². The molecule has 0 aromatic heterocycles. The van der Waals surface area contributed by atoms with Gasteiger partial charge >= 0.3 is 5.97 Å². The summed E-state index contributed by atoms with van der Waals surface area (Å²) in [4.78, 5) is 23.9. The number of esters is 1. The highest BCUT2D eigenvalue weighted by Crippen LogP contribution is 2.26. The molecule has 0 aliphatic heterocycles. The normalized spacial score (nSPS) is 15.9. The molecule has 1 aliphatic carbocycles. The van der Waals surface area contributed by atoms with E-state index >= 15 is 0 Å². The highest BCUT2D eigenvalue weighted by molar-refractivity contribution is 5.94. The molecule has 0 aromatic carbocycles. The first-order valence-corrected chi connectivity index (χ1v) is 4.94. The molecule has 0 unspecified atom stereocenters. The van der Waals surface area contributed by atoms with E-state index < -0.39 is 5.97 Å². The van der Waals surface area contributed by atoms with Gasteiger partial charge in [-0.25, -0.2) is 0 Å². The molecule has 80 valence electrons. The molecule has 0 saturated heterocycles. The number of nitrogens with zero attached hydrogens (tertiary/aromatic N) is 1. The summed E-state index contributed by atoms with van der Waals surface area (Å²) in [5.74, 6) is 0.0285. The van der Waals surface area contributed by atoms with Crippen molar-refractivity contribution in [2.45, 2.75) is 25.7 Å². The first-order chi connectivity index (χ1) is 6.63. The second-order valence-corrected chi connectivity index (χ2v) is 3.82. The average molecular weight is 199 g/mol. The zero-order valence-electron chi connectivity index (χ0n) is 8.78. The monoisotopic (exact) mass is 199 g/mol. The molecule has 1 fully saturated rings. The Bertz CT molecular complexity index is 223. The van der Waals surface area contributed by atoms with Crippen molar-refractivity contribution >= 4 is 11.9 Å². The van der Waals surface area contributed by atoms with Crippen LogP contribution in [0.1, 0.15) is 25.7 Å². The van der Waals surface area contributed by atoms with Crippen LogP contribution in [0.2, 0.25) is 0 Å². The Hall–Kier alpha value is -1.06. The molecular formula is C10H17NO3. The minimum absolute atomic E-state index is 0.139. The maximum atomic E-state index is 11.4. The first kappa shape index (κ1) is 11.0. The van der Waals surface area contributed by atoms with Crippen molar-refractivity contribution < 1.29 is 14.3 Å². The van der Waals surface area contributed by atoms with Gasteiger partial charge in [-0.15, -0.1) is 0 Å². The van der Waals surface area contributed by atoms with Gasteiger partial charge in [0, 0.05) is 13.6 Å². The van der Waals surface area contributed by atoms with Crippen LogP contribution in [-0.2, 0) is 14.3 Å². The third kappa shape index (κ3) is 3.01. The first-order valence-electron chi connectivity index (χ1n) is 4.94. The second kappa shape index (κ2) is 4.98. The fraction of sp³-hybridized carbons (Fsp3) is 0.800. The van der Waals surface area contributed by atoms with E-state index in [2.05, 4.69) is 4.74 Å². The van der Waals surface area contributed by atoms with Crippen molar-refractivity contribution in [3.8, 4) is 0 Å². The van der Waals surface area contributed by atoms with E-state index in [1.807, 2.05) is 0 Å². The highest BCUT2D eigenvalue weighted by Gasteiger charge is 2.22. The number of rotatable bonds is 4. The SMILES string of the molecule is COC(=O)CC(=O)N(C)CC1CCC1. The summed E-state index contributed by atoms with van der Waals surface area (Å²) in [6, 6.07) is 0. The fourth-order valence-corrected chi connectivity index (χ4v) is 1.50. The maximum absolute atomic E-state index is 11.4. The van der Waals surface area contributed by atoms with Crippen LogP contribution in [0, 0.1) is 5.92 Å². The smallest absolute Gasteiger partial charge is 0.315 e. The molecule has 0 N–H and O–H groups in total. The van der Waals surface area contributed by atoms with E-state index in [1.54, 1.807) is 11.9 Å². The minimum Gasteiger partial charge on any atom is -0.469 e. The van der Waals surface area contributed by atoms with Crippen LogP contribution in [0.15, 0.2) is 0 Å². The molecule has 0 aromatic rings. The van der Waals surface area contributed by atoms with E-state index in [4.69, 9.17) is 0 Å². The summed E-state index contributed by atoms with van der Waals surface area (Å²) in [6.07, 6.45) is 3.54. The van der Waals surface area contributed by atoms with Gasteiger partial charge < -0.3 is 9.64 Å². The maximum Gasteiger partial charge on any atom is 0.315 e. The van der Waals surface area contributed by atoms with Crippen LogP contribution in [0.4, 0.5) is 0 Å². The topological polar surface area (TPSA) is 46.6 Å². The Kier molecular flexibility index (Phi) is 3.92. The molecule has 0 heterocycles. The van der Waals surface area contributed by atoms with Crippen LogP contribution in [0.25, 0.3) is 0 Å². The van der Waals surface area contributed by atoms with Crippen molar-refractivity contribution in [3.05, 3.63) is 0 Å². The lowest BCUT2D eigenvalue weighted by molar-refractivity contribution is -0.146. The van der Waals surface area contributed by atoms with Gasteiger partial charge in [0.25, 0.3) is 0 Å². The van der Waals surface area contributed by atoms with Gasteiger partial charge in [-0.1, -0.05) is 6.42 Å². The van der Waals surface area contributed by atoms with E-state index in [-0.39, 0.29) is 12.3 Å². The average Bonchev–Trinajstić information content (AvgIpc) is 2.10. The van der Waals surface area contributed by atoms with Crippen LogP contribution in [0.5, 0.6) is 0 Å². The lowest BCUT2D eigenvalue weighted by Gasteiger charge is -2.29. The van der Waals surface area contributed by atoms with Crippen molar-refractivity contribution in [2.24, 2.45) is 5.92 Å². The Morgan fingerprint density at radius 1 is 1.43 bits per heavy atom. The van der Waals surface area contributed by atoms with Gasteiger partial charge in [0.1, 0.15) is 6.42 Å². The number of ether oxygens (including phenoxy) is 1. The zero-order chi connectivity index (χ0) is 10.6. The van der Waals surface area contributed by atoms with E-state index in [0.717, 1.165) is 6.54 Å². The molecule has 0 spiro atoms. The van der Waals surface area contributed by atoms with Crippen molar-refractivity contribution in [1.29, 1.82) is 0 Å².